The molecule has 0 bridgehead atoms. The van der Waals surface area contributed by atoms with Crippen molar-refractivity contribution < 1.29 is 19.8 Å². The average Bonchev–Trinajstić information content (AvgIpc) is 3.08. The van der Waals surface area contributed by atoms with Crippen molar-refractivity contribution in [2.24, 2.45) is 5.73 Å². The minimum absolute atomic E-state index is 0.159. The van der Waals surface area contributed by atoms with Crippen molar-refractivity contribution in [2.45, 2.75) is 0 Å². The van der Waals surface area contributed by atoms with Crippen molar-refractivity contribution in [3.63, 3.8) is 0 Å². The number of hydrogen-bond acceptors (Lipinski definition) is 6. The second kappa shape index (κ2) is 6.62. The van der Waals surface area contributed by atoms with Gasteiger partial charge in [0.25, 0.3) is 11.8 Å². The smallest absolute Gasteiger partial charge is 0.275 e. The number of nitrogens with one attached hydrogen (secondary N) is 1. The topological polar surface area (TPSA) is 126 Å². The van der Waals surface area contributed by atoms with E-state index < -0.39 is 11.8 Å². The number of nitrogens with two attached hydrogens (primary N) is 1. The number of carbonyl (C=O) groups is 2. The van der Waals surface area contributed by atoms with Gasteiger partial charge in [-0.05, 0) is 30.3 Å². The number of aromatic nitrogens is 1. The van der Waals surface area contributed by atoms with E-state index in [1.54, 1.807) is 29.6 Å². The fraction of sp³-hybridized carbons (Fsp3) is 0. The Morgan fingerprint density at radius 2 is 1.84 bits per heavy atom. The van der Waals surface area contributed by atoms with E-state index >= 15 is 0 Å². The van der Waals surface area contributed by atoms with Gasteiger partial charge in [0.1, 0.15) is 10.7 Å². The molecule has 25 heavy (non-hydrogen) atoms. The number of hydrogen-bond donors (Lipinski definition) is 4. The summed E-state index contributed by atoms with van der Waals surface area (Å²) in [5, 5.41) is 23.6. The molecule has 2 aromatic carbocycles. The van der Waals surface area contributed by atoms with Gasteiger partial charge >= 0.3 is 0 Å². The number of amides is 2. The molecule has 0 spiro atoms. The first-order chi connectivity index (χ1) is 12.0. The van der Waals surface area contributed by atoms with E-state index in [0.717, 1.165) is 0 Å². The molecule has 0 aliphatic carbocycles. The largest absolute Gasteiger partial charge is 0.504 e. The van der Waals surface area contributed by atoms with Gasteiger partial charge in [0, 0.05) is 10.9 Å². The Balaban J connectivity index is 1.84. The normalized spacial score (nSPS) is 10.4. The zero-order valence-corrected chi connectivity index (χ0v) is 13.6. The van der Waals surface area contributed by atoms with Gasteiger partial charge in [0.05, 0.1) is 11.3 Å². The number of phenolic OH excluding ortho intramolecular Hbond substituents is 2. The second-order valence-corrected chi connectivity index (χ2v) is 5.96. The molecule has 5 N–H and O–H groups in total. The van der Waals surface area contributed by atoms with Gasteiger partial charge in [-0.2, -0.15) is 0 Å². The quantitative estimate of drug-likeness (QED) is 0.535. The highest BCUT2D eigenvalue weighted by Crippen LogP contribution is 2.32. The van der Waals surface area contributed by atoms with E-state index in [4.69, 9.17) is 5.73 Å². The van der Waals surface area contributed by atoms with Crippen LogP contribution < -0.4 is 11.1 Å². The molecule has 0 unspecified atom stereocenters. The zero-order valence-electron chi connectivity index (χ0n) is 12.8. The molecule has 0 aliphatic heterocycles. The summed E-state index contributed by atoms with van der Waals surface area (Å²) in [7, 11) is 0. The molecular weight excluding hydrogens is 342 g/mol. The van der Waals surface area contributed by atoms with Crippen LogP contribution in [0.5, 0.6) is 11.5 Å². The highest BCUT2D eigenvalue weighted by molar-refractivity contribution is 7.13. The number of para-hydroxylation sites is 1. The number of nitrogens with zero attached hydrogens (tertiary/aromatic N) is 1. The molecule has 3 aromatic rings. The number of aromatic hydroxyl groups is 2. The van der Waals surface area contributed by atoms with Crippen molar-refractivity contribution in [1.29, 1.82) is 0 Å². The third-order valence-corrected chi connectivity index (χ3v) is 4.29. The number of rotatable bonds is 4. The fourth-order valence-electron chi connectivity index (χ4n) is 2.16. The van der Waals surface area contributed by atoms with Crippen LogP contribution in [0.15, 0.2) is 47.8 Å². The van der Waals surface area contributed by atoms with Crippen LogP contribution in [0.1, 0.15) is 20.8 Å². The Morgan fingerprint density at radius 3 is 2.56 bits per heavy atom. The molecule has 3 rings (SSSR count). The number of phenols is 2. The van der Waals surface area contributed by atoms with Crippen LogP contribution in [0.2, 0.25) is 0 Å². The number of anilines is 1. The Kier molecular flexibility index (Phi) is 4.36. The molecule has 0 fully saturated rings. The molecule has 0 saturated carbocycles. The molecule has 2 amide bonds. The third kappa shape index (κ3) is 3.43. The first-order valence-electron chi connectivity index (χ1n) is 7.14. The lowest BCUT2D eigenvalue weighted by Crippen LogP contribution is -2.18. The summed E-state index contributed by atoms with van der Waals surface area (Å²) in [6.45, 7) is 0. The summed E-state index contributed by atoms with van der Waals surface area (Å²) in [4.78, 5) is 28.0. The molecule has 1 aromatic heterocycles. The van der Waals surface area contributed by atoms with Gasteiger partial charge < -0.3 is 21.3 Å². The van der Waals surface area contributed by atoms with Crippen molar-refractivity contribution in [3.8, 4) is 22.1 Å². The monoisotopic (exact) mass is 355 g/mol. The summed E-state index contributed by atoms with van der Waals surface area (Å²) in [5.41, 5.74) is 6.52. The SMILES string of the molecule is NC(=O)c1ccccc1NC(=O)c1csc(-c2ccc(O)c(O)c2)n1. The predicted octanol–water partition coefficient (Wildman–Crippen LogP) is 2.57. The minimum Gasteiger partial charge on any atom is -0.504 e. The van der Waals surface area contributed by atoms with Crippen LogP contribution in [-0.4, -0.2) is 27.0 Å². The van der Waals surface area contributed by atoms with Gasteiger partial charge in [-0.3, -0.25) is 9.59 Å². The van der Waals surface area contributed by atoms with E-state index in [0.29, 0.717) is 16.3 Å². The molecule has 126 valence electrons. The van der Waals surface area contributed by atoms with Crippen molar-refractivity contribution in [3.05, 3.63) is 59.1 Å². The maximum Gasteiger partial charge on any atom is 0.275 e. The maximum absolute atomic E-state index is 12.3. The lowest BCUT2D eigenvalue weighted by Gasteiger charge is -2.07. The third-order valence-electron chi connectivity index (χ3n) is 3.40. The highest BCUT2D eigenvalue weighted by Gasteiger charge is 2.15. The number of benzene rings is 2. The summed E-state index contributed by atoms with van der Waals surface area (Å²) >= 11 is 1.21. The van der Waals surface area contributed by atoms with Crippen LogP contribution in [-0.2, 0) is 0 Å². The maximum atomic E-state index is 12.3. The molecule has 0 atom stereocenters. The van der Waals surface area contributed by atoms with Gasteiger partial charge in [-0.1, -0.05) is 12.1 Å². The van der Waals surface area contributed by atoms with Crippen LogP contribution in [0, 0.1) is 0 Å². The molecule has 0 aliphatic rings. The lowest BCUT2D eigenvalue weighted by molar-refractivity contribution is 0.100. The van der Waals surface area contributed by atoms with Crippen molar-refractivity contribution >= 4 is 28.8 Å². The van der Waals surface area contributed by atoms with Crippen LogP contribution in [0.3, 0.4) is 0 Å². The van der Waals surface area contributed by atoms with E-state index in [1.807, 2.05) is 0 Å². The Bertz CT molecular complexity index is 968. The number of carbonyl (C=O) groups excluding carboxylic acids is 2. The minimum atomic E-state index is -0.644. The molecular formula is C17H13N3O4S. The zero-order chi connectivity index (χ0) is 18.0. The van der Waals surface area contributed by atoms with Gasteiger partial charge in [0.2, 0.25) is 0 Å². The average molecular weight is 355 g/mol. The standard InChI is InChI=1S/C17H13N3O4S/c18-15(23)10-3-1-2-4-11(10)19-16(24)12-8-25-17(20-12)9-5-6-13(21)14(22)7-9/h1-8,21-22H,(H2,18,23)(H,19,24). The summed E-state index contributed by atoms with van der Waals surface area (Å²) in [6, 6.07) is 10.7. The van der Waals surface area contributed by atoms with Gasteiger partial charge in [0.15, 0.2) is 11.5 Å². The summed E-state index contributed by atoms with van der Waals surface area (Å²) in [5.74, 6) is -1.64. The highest BCUT2D eigenvalue weighted by atomic mass is 32.1. The molecule has 8 heteroatoms. The molecule has 0 radical (unpaired) electrons. The number of primary amides is 1. The Morgan fingerprint density at radius 1 is 1.08 bits per heavy atom. The first-order valence-corrected chi connectivity index (χ1v) is 8.01. The van der Waals surface area contributed by atoms with Crippen LogP contribution in [0.25, 0.3) is 10.6 Å². The van der Waals surface area contributed by atoms with E-state index in [9.17, 15) is 19.8 Å². The van der Waals surface area contributed by atoms with Crippen molar-refractivity contribution in [1.82, 2.24) is 4.98 Å². The fourth-order valence-corrected chi connectivity index (χ4v) is 2.96. The van der Waals surface area contributed by atoms with Crippen molar-refractivity contribution in [2.75, 3.05) is 5.32 Å². The van der Waals surface area contributed by atoms with E-state index in [-0.39, 0.29) is 22.8 Å². The van der Waals surface area contributed by atoms with E-state index in [1.165, 1.54) is 29.5 Å². The Labute approximate surface area is 146 Å². The van der Waals surface area contributed by atoms with Crippen LogP contribution >= 0.6 is 11.3 Å². The first kappa shape index (κ1) is 16.5. The van der Waals surface area contributed by atoms with Crippen LogP contribution in [0.4, 0.5) is 5.69 Å². The number of thiazole rings is 1. The van der Waals surface area contributed by atoms with Gasteiger partial charge in [-0.15, -0.1) is 11.3 Å². The molecule has 1 heterocycles. The predicted molar refractivity (Wildman–Crippen MR) is 93.8 cm³/mol. The van der Waals surface area contributed by atoms with Gasteiger partial charge in [-0.25, -0.2) is 4.98 Å². The Hall–Kier alpha value is -3.39. The second-order valence-electron chi connectivity index (χ2n) is 5.11. The lowest BCUT2D eigenvalue weighted by atomic mass is 10.1. The molecule has 0 saturated heterocycles. The summed E-state index contributed by atoms with van der Waals surface area (Å²) in [6.07, 6.45) is 0. The van der Waals surface area contributed by atoms with E-state index in [2.05, 4.69) is 10.3 Å². The summed E-state index contributed by atoms with van der Waals surface area (Å²) < 4.78 is 0. The molecule has 7 nitrogen and oxygen atoms in total.